The Hall–Kier alpha value is -5.40. The van der Waals surface area contributed by atoms with E-state index in [-0.39, 0.29) is 0 Å². The molecule has 0 saturated heterocycles. The van der Waals surface area contributed by atoms with Crippen molar-refractivity contribution in [2.45, 2.75) is 0 Å². The van der Waals surface area contributed by atoms with Gasteiger partial charge in [0.05, 0.1) is 0 Å². The molecule has 0 aliphatic heterocycles. The Labute approximate surface area is 236 Å². The summed E-state index contributed by atoms with van der Waals surface area (Å²) in [6.07, 6.45) is 0. The first kappa shape index (κ1) is 22.4. The lowest BCUT2D eigenvalue weighted by atomic mass is 9.88. The Morgan fingerprint density at radius 3 is 1.93 bits per heavy atom. The molecule has 0 amide bonds. The van der Waals surface area contributed by atoms with E-state index in [0.29, 0.717) is 0 Å². The second kappa shape index (κ2) is 8.55. The molecule has 0 spiro atoms. The summed E-state index contributed by atoms with van der Waals surface area (Å²) in [6, 6.07) is 52.5. The van der Waals surface area contributed by atoms with E-state index in [9.17, 15) is 0 Å². The number of hydrogen-bond acceptors (Lipinski definition) is 1. The van der Waals surface area contributed by atoms with Crippen LogP contribution in [0.4, 0.5) is 0 Å². The molecular weight excluding hydrogens is 496 g/mol. The molecule has 9 rings (SSSR count). The molecular formula is C40H24O. The van der Waals surface area contributed by atoms with Crippen LogP contribution in [-0.4, -0.2) is 0 Å². The monoisotopic (exact) mass is 520 g/mol. The maximum Gasteiger partial charge on any atom is 0.136 e. The van der Waals surface area contributed by atoms with Crippen LogP contribution in [0.1, 0.15) is 0 Å². The zero-order valence-electron chi connectivity index (χ0n) is 22.3. The van der Waals surface area contributed by atoms with Gasteiger partial charge in [0.15, 0.2) is 0 Å². The Morgan fingerprint density at radius 2 is 1.02 bits per heavy atom. The second-order valence-electron chi connectivity index (χ2n) is 10.9. The van der Waals surface area contributed by atoms with Crippen molar-refractivity contribution >= 4 is 65.0 Å². The summed E-state index contributed by atoms with van der Waals surface area (Å²) in [4.78, 5) is 0. The van der Waals surface area contributed by atoms with Crippen molar-refractivity contribution in [3.8, 4) is 22.3 Å². The maximum absolute atomic E-state index is 6.61. The zero-order valence-corrected chi connectivity index (χ0v) is 22.3. The fourth-order valence-electron chi connectivity index (χ4n) is 6.79. The molecule has 0 N–H and O–H groups in total. The van der Waals surface area contributed by atoms with E-state index in [1.165, 1.54) is 70.7 Å². The minimum Gasteiger partial charge on any atom is -0.456 e. The van der Waals surface area contributed by atoms with Crippen molar-refractivity contribution in [3.63, 3.8) is 0 Å². The minimum absolute atomic E-state index is 0.913. The highest BCUT2D eigenvalue weighted by atomic mass is 16.3. The van der Waals surface area contributed by atoms with Crippen LogP contribution in [0.3, 0.4) is 0 Å². The van der Waals surface area contributed by atoms with Crippen LogP contribution < -0.4 is 0 Å². The number of hydrogen-bond donors (Lipinski definition) is 0. The van der Waals surface area contributed by atoms with E-state index in [0.717, 1.165) is 16.6 Å². The molecule has 41 heavy (non-hydrogen) atoms. The number of rotatable bonds is 2. The van der Waals surface area contributed by atoms with Gasteiger partial charge < -0.3 is 4.42 Å². The SMILES string of the molecule is c1ccc(-c2cccc3cc4c(cc23)oc2cccc(-c3c5ccccc5cc5c3ccc3ccccc35)c24)cc1. The van der Waals surface area contributed by atoms with Crippen molar-refractivity contribution in [3.05, 3.63) is 146 Å². The summed E-state index contributed by atoms with van der Waals surface area (Å²) in [5.41, 5.74) is 6.72. The first-order chi connectivity index (χ1) is 20.3. The van der Waals surface area contributed by atoms with Gasteiger partial charge in [-0.05, 0) is 89.6 Å². The van der Waals surface area contributed by atoms with E-state index < -0.39 is 0 Å². The Balaban J connectivity index is 1.41. The molecule has 1 heterocycles. The molecule has 0 atom stereocenters. The molecule has 9 aromatic rings. The molecule has 0 aliphatic rings. The summed E-state index contributed by atoms with van der Waals surface area (Å²) < 4.78 is 6.61. The van der Waals surface area contributed by atoms with Gasteiger partial charge in [0.25, 0.3) is 0 Å². The first-order valence-corrected chi connectivity index (χ1v) is 14.1. The Bertz CT molecular complexity index is 2460. The third-order valence-corrected chi connectivity index (χ3v) is 8.62. The Kier molecular flexibility index (Phi) is 4.67. The van der Waals surface area contributed by atoms with Gasteiger partial charge in [-0.15, -0.1) is 0 Å². The van der Waals surface area contributed by atoms with Crippen LogP contribution in [-0.2, 0) is 0 Å². The normalized spacial score (nSPS) is 11.9. The lowest BCUT2D eigenvalue weighted by molar-refractivity contribution is 0.669. The second-order valence-corrected chi connectivity index (χ2v) is 10.9. The van der Waals surface area contributed by atoms with Crippen LogP contribution in [0.25, 0.3) is 87.3 Å². The van der Waals surface area contributed by atoms with Gasteiger partial charge in [-0.25, -0.2) is 0 Å². The number of fused-ring (bicyclic) bond motifs is 8. The lowest BCUT2D eigenvalue weighted by Gasteiger charge is -2.15. The zero-order chi connectivity index (χ0) is 26.9. The van der Waals surface area contributed by atoms with Crippen molar-refractivity contribution in [2.24, 2.45) is 0 Å². The average Bonchev–Trinajstić information content (AvgIpc) is 3.40. The fraction of sp³-hybridized carbons (Fsp3) is 0. The van der Waals surface area contributed by atoms with Gasteiger partial charge in [0, 0.05) is 10.8 Å². The smallest absolute Gasteiger partial charge is 0.136 e. The Morgan fingerprint density at radius 1 is 0.341 bits per heavy atom. The van der Waals surface area contributed by atoms with Crippen LogP contribution >= 0.6 is 0 Å². The van der Waals surface area contributed by atoms with Gasteiger partial charge in [-0.1, -0.05) is 121 Å². The van der Waals surface area contributed by atoms with Gasteiger partial charge in [0.1, 0.15) is 11.2 Å². The van der Waals surface area contributed by atoms with Crippen molar-refractivity contribution < 1.29 is 4.42 Å². The van der Waals surface area contributed by atoms with Crippen LogP contribution in [0.5, 0.6) is 0 Å². The topological polar surface area (TPSA) is 13.1 Å². The molecule has 0 fully saturated rings. The van der Waals surface area contributed by atoms with Crippen molar-refractivity contribution in [1.29, 1.82) is 0 Å². The highest BCUT2D eigenvalue weighted by Gasteiger charge is 2.19. The molecule has 8 aromatic carbocycles. The van der Waals surface area contributed by atoms with Crippen molar-refractivity contribution in [1.82, 2.24) is 0 Å². The van der Waals surface area contributed by atoms with Crippen LogP contribution in [0.15, 0.2) is 150 Å². The number of furan rings is 1. The van der Waals surface area contributed by atoms with E-state index >= 15 is 0 Å². The van der Waals surface area contributed by atoms with E-state index in [1.807, 2.05) is 0 Å². The molecule has 0 bridgehead atoms. The van der Waals surface area contributed by atoms with Crippen LogP contribution in [0, 0.1) is 0 Å². The average molecular weight is 521 g/mol. The predicted molar refractivity (Wildman–Crippen MR) is 175 cm³/mol. The van der Waals surface area contributed by atoms with Crippen LogP contribution in [0.2, 0.25) is 0 Å². The van der Waals surface area contributed by atoms with Gasteiger partial charge in [0.2, 0.25) is 0 Å². The standard InChI is InChI=1S/C40H24O/c1-2-10-25(11-3-1)29-17-8-14-28-23-36-38(24-34(28)29)41-37-19-9-18-33(40(36)37)39-31-16-7-5-13-27(31)22-35-30-15-6-4-12-26(30)20-21-32(35)39/h1-24H. The largest absolute Gasteiger partial charge is 0.456 e. The molecule has 0 unspecified atom stereocenters. The highest BCUT2D eigenvalue weighted by molar-refractivity contribution is 6.25. The van der Waals surface area contributed by atoms with E-state index in [1.54, 1.807) is 0 Å². The third-order valence-electron chi connectivity index (χ3n) is 8.62. The van der Waals surface area contributed by atoms with Crippen molar-refractivity contribution in [2.75, 3.05) is 0 Å². The summed E-state index contributed by atoms with van der Waals surface area (Å²) in [6.45, 7) is 0. The quantitative estimate of drug-likeness (QED) is 0.163. The molecule has 1 heteroatoms. The lowest BCUT2D eigenvalue weighted by Crippen LogP contribution is -1.88. The van der Waals surface area contributed by atoms with Gasteiger partial charge in [-0.3, -0.25) is 0 Å². The molecule has 0 aliphatic carbocycles. The van der Waals surface area contributed by atoms with Gasteiger partial charge >= 0.3 is 0 Å². The van der Waals surface area contributed by atoms with Gasteiger partial charge in [-0.2, -0.15) is 0 Å². The molecule has 1 aromatic heterocycles. The molecule has 1 nitrogen and oxygen atoms in total. The van der Waals surface area contributed by atoms with E-state index in [2.05, 4.69) is 146 Å². The summed E-state index contributed by atoms with van der Waals surface area (Å²) in [5.74, 6) is 0. The third kappa shape index (κ3) is 3.30. The minimum atomic E-state index is 0.913. The molecule has 0 radical (unpaired) electrons. The summed E-state index contributed by atoms with van der Waals surface area (Å²) in [7, 11) is 0. The maximum atomic E-state index is 6.61. The highest BCUT2D eigenvalue weighted by Crippen LogP contribution is 2.45. The molecule has 0 saturated carbocycles. The fourth-order valence-corrected chi connectivity index (χ4v) is 6.79. The summed E-state index contributed by atoms with van der Waals surface area (Å²) >= 11 is 0. The first-order valence-electron chi connectivity index (χ1n) is 14.1. The van der Waals surface area contributed by atoms with E-state index in [4.69, 9.17) is 4.42 Å². The summed E-state index contributed by atoms with van der Waals surface area (Å²) in [5, 5.41) is 12.3. The molecule has 190 valence electrons. The predicted octanol–water partition coefficient (Wildman–Crippen LogP) is 11.5. The number of benzene rings is 8.